The summed E-state index contributed by atoms with van der Waals surface area (Å²) in [5.41, 5.74) is 0.563. The number of amides is 1. The van der Waals surface area contributed by atoms with Crippen LogP contribution in [0.25, 0.3) is 0 Å². The summed E-state index contributed by atoms with van der Waals surface area (Å²) in [5.74, 6) is 2.90. The van der Waals surface area contributed by atoms with Gasteiger partial charge < -0.3 is 15.1 Å². The molecule has 0 spiro atoms. The van der Waals surface area contributed by atoms with E-state index in [-0.39, 0.29) is 23.0 Å². The lowest BCUT2D eigenvalue weighted by Crippen LogP contribution is -2.73. The summed E-state index contributed by atoms with van der Waals surface area (Å²) in [5, 5.41) is 22.3. The second kappa shape index (κ2) is 8.29. The van der Waals surface area contributed by atoms with Crippen LogP contribution >= 0.6 is 0 Å². The number of likely N-dealkylation sites (tertiary alicyclic amines) is 1. The van der Waals surface area contributed by atoms with Gasteiger partial charge in [-0.25, -0.2) is 4.98 Å². The molecule has 1 saturated heterocycles. The van der Waals surface area contributed by atoms with Crippen LogP contribution in [0.2, 0.25) is 0 Å². The number of nitrogens with one attached hydrogen (secondary N) is 1. The summed E-state index contributed by atoms with van der Waals surface area (Å²) in [4.78, 5) is 21.8. The number of nitriles is 2. The summed E-state index contributed by atoms with van der Waals surface area (Å²) < 4.78 is 0. The SMILES string of the molecule is CCC1C2CC3CC(NCC(=O)N4CCCC4C#N)(C2)CC1(N(C)c1ccc(C#N)cn1)C3. The molecule has 6 unspecified atom stereocenters. The zero-order valence-corrected chi connectivity index (χ0v) is 19.8. The van der Waals surface area contributed by atoms with Crippen LogP contribution in [-0.4, -0.2) is 53.0 Å². The zero-order valence-electron chi connectivity index (χ0n) is 19.8. The molecule has 7 heteroatoms. The Morgan fingerprint density at radius 3 is 2.88 bits per heavy atom. The number of hydrogen-bond acceptors (Lipinski definition) is 6. The van der Waals surface area contributed by atoms with Crippen molar-refractivity contribution in [2.75, 3.05) is 25.0 Å². The maximum atomic E-state index is 13.0. The topological polar surface area (TPSA) is 96.0 Å². The number of carbonyl (C=O) groups is 1. The monoisotopic (exact) mass is 446 g/mol. The number of hydrogen-bond donors (Lipinski definition) is 1. The van der Waals surface area contributed by atoms with Crippen LogP contribution in [0.15, 0.2) is 18.3 Å². The quantitative estimate of drug-likeness (QED) is 0.721. The maximum absolute atomic E-state index is 13.0. The lowest BCUT2D eigenvalue weighted by atomic mass is 9.45. The highest BCUT2D eigenvalue weighted by molar-refractivity contribution is 5.79. The first kappa shape index (κ1) is 22.2. The second-order valence-corrected chi connectivity index (χ2v) is 10.9. The van der Waals surface area contributed by atoms with Gasteiger partial charge in [0, 0.05) is 30.9 Å². The fraction of sp³-hybridized carbons (Fsp3) is 0.692. The Morgan fingerprint density at radius 2 is 2.18 bits per heavy atom. The van der Waals surface area contributed by atoms with Crippen LogP contribution < -0.4 is 10.2 Å². The Kier molecular flexibility index (Phi) is 5.57. The van der Waals surface area contributed by atoms with E-state index in [9.17, 15) is 10.1 Å². The van der Waals surface area contributed by atoms with Gasteiger partial charge in [-0.1, -0.05) is 13.3 Å². The van der Waals surface area contributed by atoms with Gasteiger partial charge in [0.2, 0.25) is 5.91 Å². The lowest BCUT2D eigenvalue weighted by Gasteiger charge is -2.68. The van der Waals surface area contributed by atoms with Gasteiger partial charge in [-0.05, 0) is 74.8 Å². The molecule has 6 rings (SSSR count). The fourth-order valence-corrected chi connectivity index (χ4v) is 8.09. The van der Waals surface area contributed by atoms with E-state index in [4.69, 9.17) is 5.26 Å². The summed E-state index contributed by atoms with van der Waals surface area (Å²) in [6, 6.07) is 8.03. The summed E-state index contributed by atoms with van der Waals surface area (Å²) in [7, 11) is 2.17. The van der Waals surface area contributed by atoms with Crippen molar-refractivity contribution in [2.45, 2.75) is 75.4 Å². The Morgan fingerprint density at radius 1 is 1.33 bits per heavy atom. The minimum Gasteiger partial charge on any atom is -0.354 e. The highest BCUT2D eigenvalue weighted by Gasteiger charge is 2.63. The molecule has 4 aliphatic carbocycles. The highest BCUT2D eigenvalue weighted by Crippen LogP contribution is 2.63. The highest BCUT2D eigenvalue weighted by atomic mass is 16.2. The molecule has 5 fully saturated rings. The van der Waals surface area contributed by atoms with Crippen molar-refractivity contribution in [1.82, 2.24) is 15.2 Å². The van der Waals surface area contributed by atoms with Gasteiger partial charge >= 0.3 is 0 Å². The van der Waals surface area contributed by atoms with Crippen LogP contribution in [0.3, 0.4) is 0 Å². The summed E-state index contributed by atoms with van der Waals surface area (Å²) in [6.45, 7) is 3.34. The molecule has 4 saturated carbocycles. The molecule has 33 heavy (non-hydrogen) atoms. The van der Waals surface area contributed by atoms with Crippen molar-refractivity contribution in [3.63, 3.8) is 0 Å². The van der Waals surface area contributed by atoms with Crippen molar-refractivity contribution in [3.05, 3.63) is 23.9 Å². The average Bonchev–Trinajstić information content (AvgIpc) is 3.31. The summed E-state index contributed by atoms with van der Waals surface area (Å²) in [6.07, 6.45) is 10.3. The van der Waals surface area contributed by atoms with Crippen molar-refractivity contribution < 1.29 is 4.79 Å². The molecular weight excluding hydrogens is 412 g/mol. The number of nitrogens with zero attached hydrogens (tertiary/aromatic N) is 5. The van der Waals surface area contributed by atoms with Crippen LogP contribution in [-0.2, 0) is 4.79 Å². The molecule has 6 atom stereocenters. The van der Waals surface area contributed by atoms with E-state index < -0.39 is 0 Å². The van der Waals surface area contributed by atoms with E-state index in [1.54, 1.807) is 11.1 Å². The molecule has 4 bridgehead atoms. The predicted octanol–water partition coefficient (Wildman–Crippen LogP) is 3.22. The second-order valence-electron chi connectivity index (χ2n) is 10.9. The normalized spacial score (nSPS) is 36.4. The number of pyridine rings is 1. The Hall–Kier alpha value is -2.64. The van der Waals surface area contributed by atoms with Crippen molar-refractivity contribution in [2.24, 2.45) is 17.8 Å². The van der Waals surface area contributed by atoms with Gasteiger partial charge in [0.05, 0.1) is 18.2 Å². The molecule has 2 heterocycles. The number of anilines is 1. The van der Waals surface area contributed by atoms with Crippen molar-refractivity contribution in [3.8, 4) is 12.1 Å². The van der Waals surface area contributed by atoms with Gasteiger partial charge in [-0.2, -0.15) is 10.5 Å². The first-order chi connectivity index (χ1) is 15.9. The third-order valence-corrected chi connectivity index (χ3v) is 9.18. The molecule has 5 aliphatic rings. The molecular formula is C26H34N6O. The van der Waals surface area contributed by atoms with Gasteiger partial charge in [0.1, 0.15) is 17.9 Å². The van der Waals surface area contributed by atoms with E-state index in [0.29, 0.717) is 36.4 Å². The molecule has 1 amide bonds. The van der Waals surface area contributed by atoms with Crippen molar-refractivity contribution >= 4 is 11.7 Å². The first-order valence-electron chi connectivity index (χ1n) is 12.5. The molecule has 1 aromatic heterocycles. The number of aromatic nitrogens is 1. The van der Waals surface area contributed by atoms with Gasteiger partial charge in [-0.15, -0.1) is 0 Å². The lowest BCUT2D eigenvalue weighted by molar-refractivity contribution is -0.132. The molecule has 1 aromatic rings. The maximum Gasteiger partial charge on any atom is 0.237 e. The summed E-state index contributed by atoms with van der Waals surface area (Å²) >= 11 is 0. The van der Waals surface area contributed by atoms with Crippen molar-refractivity contribution in [1.29, 1.82) is 10.5 Å². The minimum absolute atomic E-state index is 0.0128. The molecule has 0 radical (unpaired) electrons. The van der Waals surface area contributed by atoms with Gasteiger partial charge in [-0.3, -0.25) is 4.79 Å². The molecule has 1 aliphatic heterocycles. The molecule has 7 nitrogen and oxygen atoms in total. The Labute approximate surface area is 196 Å². The van der Waals surface area contributed by atoms with Crippen LogP contribution in [0.4, 0.5) is 5.82 Å². The fourth-order valence-electron chi connectivity index (χ4n) is 8.09. The first-order valence-corrected chi connectivity index (χ1v) is 12.5. The third-order valence-electron chi connectivity index (χ3n) is 9.18. The molecule has 1 N–H and O–H groups in total. The number of carbonyl (C=O) groups excluding carboxylic acids is 1. The van der Waals surface area contributed by atoms with Crippen LogP contribution in [0, 0.1) is 40.4 Å². The van der Waals surface area contributed by atoms with Crippen LogP contribution in [0.1, 0.15) is 63.9 Å². The third kappa shape index (κ3) is 3.58. The Bertz CT molecular complexity index is 996. The number of rotatable bonds is 6. The molecule has 174 valence electrons. The van der Waals surface area contributed by atoms with E-state index in [2.05, 4.69) is 41.3 Å². The standard InChI is InChI=1S/C26H34N6O/c1-3-22-20-9-19-10-25(12-20,30-16-24(33)32-8-4-5-21(32)14-28)17-26(22,11-19)31(2)23-7-6-18(13-27)15-29-23/h6-7,15,19-22,30H,3-5,8-12,16-17H2,1-2H3. The molecule has 0 aromatic carbocycles. The average molecular weight is 447 g/mol. The van der Waals surface area contributed by atoms with Gasteiger partial charge in [0.15, 0.2) is 0 Å². The van der Waals surface area contributed by atoms with E-state index in [0.717, 1.165) is 44.3 Å². The van der Waals surface area contributed by atoms with E-state index in [1.807, 2.05) is 12.1 Å². The predicted molar refractivity (Wildman–Crippen MR) is 125 cm³/mol. The largest absolute Gasteiger partial charge is 0.354 e. The minimum atomic E-state index is -0.264. The smallest absolute Gasteiger partial charge is 0.237 e. The van der Waals surface area contributed by atoms with Crippen LogP contribution in [0.5, 0.6) is 0 Å². The Balaban J connectivity index is 1.39. The zero-order chi connectivity index (χ0) is 23.2. The van der Waals surface area contributed by atoms with E-state index in [1.165, 1.54) is 12.8 Å². The van der Waals surface area contributed by atoms with Gasteiger partial charge in [0.25, 0.3) is 0 Å². The van der Waals surface area contributed by atoms with E-state index >= 15 is 0 Å².